The molecule has 0 saturated carbocycles. The molecule has 0 aliphatic rings. The fourth-order valence-electron chi connectivity index (χ4n) is 1.14. The highest BCUT2D eigenvalue weighted by Crippen LogP contribution is 2.20. The molecular weight excluding hydrogens is 272 g/mol. The van der Waals surface area contributed by atoms with Crippen molar-refractivity contribution in [2.75, 3.05) is 12.3 Å². The topological polar surface area (TPSA) is 75.3 Å². The molecule has 1 rings (SSSR count). The van der Waals surface area contributed by atoms with Gasteiger partial charge in [-0.2, -0.15) is 0 Å². The summed E-state index contributed by atoms with van der Waals surface area (Å²) in [6.45, 7) is 2.11. The van der Waals surface area contributed by atoms with Crippen LogP contribution in [0.5, 0.6) is 0 Å². The highest BCUT2D eigenvalue weighted by atomic mass is 79.9. The molecule has 0 fully saturated rings. The molecule has 88 valence electrons. The standard InChI is InChI=1S/C11H15BrN2O2/c1-2-8(15)6-14-11(16)7-3-4-9(12)10(13)5-7/h3-5,8,15H,2,6,13H2,1H3,(H,14,16). The van der Waals surface area contributed by atoms with Crippen molar-refractivity contribution in [2.24, 2.45) is 0 Å². The van der Waals surface area contributed by atoms with Crippen molar-refractivity contribution >= 4 is 27.5 Å². The normalized spacial score (nSPS) is 12.2. The van der Waals surface area contributed by atoms with Crippen LogP contribution in [0.25, 0.3) is 0 Å². The Morgan fingerprint density at radius 3 is 2.88 bits per heavy atom. The Labute approximate surface area is 103 Å². The average Bonchev–Trinajstić information content (AvgIpc) is 2.29. The molecule has 1 aromatic carbocycles. The predicted octanol–water partition coefficient (Wildman–Crippen LogP) is 1.53. The summed E-state index contributed by atoms with van der Waals surface area (Å²) >= 11 is 3.26. The summed E-state index contributed by atoms with van der Waals surface area (Å²) in [7, 11) is 0. The van der Waals surface area contributed by atoms with Crippen LogP contribution < -0.4 is 11.1 Å². The first-order valence-electron chi connectivity index (χ1n) is 5.06. The molecule has 0 spiro atoms. The lowest BCUT2D eigenvalue weighted by Crippen LogP contribution is -2.31. The molecule has 0 radical (unpaired) electrons. The Morgan fingerprint density at radius 1 is 1.62 bits per heavy atom. The van der Waals surface area contributed by atoms with Crippen molar-refractivity contribution in [1.29, 1.82) is 0 Å². The van der Waals surface area contributed by atoms with Crippen LogP contribution in [-0.4, -0.2) is 23.7 Å². The van der Waals surface area contributed by atoms with Crippen LogP contribution in [0.3, 0.4) is 0 Å². The van der Waals surface area contributed by atoms with Crippen LogP contribution in [-0.2, 0) is 0 Å². The molecule has 1 amide bonds. The van der Waals surface area contributed by atoms with Gasteiger partial charge in [-0.3, -0.25) is 4.79 Å². The van der Waals surface area contributed by atoms with Gasteiger partial charge in [0.1, 0.15) is 0 Å². The largest absolute Gasteiger partial charge is 0.398 e. The lowest BCUT2D eigenvalue weighted by Gasteiger charge is -2.10. The summed E-state index contributed by atoms with van der Waals surface area (Å²) in [5.74, 6) is -0.230. The quantitative estimate of drug-likeness (QED) is 0.735. The van der Waals surface area contributed by atoms with E-state index in [4.69, 9.17) is 5.73 Å². The molecule has 4 nitrogen and oxygen atoms in total. The minimum atomic E-state index is -0.503. The molecule has 4 N–H and O–H groups in total. The Kier molecular flexibility index (Phi) is 4.76. The number of nitrogen functional groups attached to an aromatic ring is 1. The minimum absolute atomic E-state index is 0.230. The molecule has 1 atom stereocenters. The Balaban J connectivity index is 2.63. The summed E-state index contributed by atoms with van der Waals surface area (Å²) in [6.07, 6.45) is 0.111. The van der Waals surface area contributed by atoms with Crippen LogP contribution in [0.2, 0.25) is 0 Å². The SMILES string of the molecule is CCC(O)CNC(=O)c1ccc(Br)c(N)c1. The third-order valence-electron chi connectivity index (χ3n) is 2.23. The van der Waals surface area contributed by atoms with E-state index in [1.54, 1.807) is 18.2 Å². The van der Waals surface area contributed by atoms with Gasteiger partial charge in [-0.15, -0.1) is 0 Å². The predicted molar refractivity (Wildman–Crippen MR) is 67.2 cm³/mol. The van der Waals surface area contributed by atoms with E-state index in [1.807, 2.05) is 6.92 Å². The number of hydrogen-bond donors (Lipinski definition) is 3. The van der Waals surface area contributed by atoms with Crippen molar-refractivity contribution in [3.63, 3.8) is 0 Å². The third-order valence-corrected chi connectivity index (χ3v) is 2.95. The second kappa shape index (κ2) is 5.86. The number of hydrogen-bond acceptors (Lipinski definition) is 3. The molecule has 0 aromatic heterocycles. The number of aliphatic hydroxyl groups is 1. The zero-order chi connectivity index (χ0) is 12.1. The first-order chi connectivity index (χ1) is 7.54. The summed E-state index contributed by atoms with van der Waals surface area (Å²) in [5, 5.41) is 11.9. The van der Waals surface area contributed by atoms with Gasteiger partial charge in [0.2, 0.25) is 0 Å². The van der Waals surface area contributed by atoms with Crippen LogP contribution >= 0.6 is 15.9 Å². The van der Waals surface area contributed by atoms with Crippen molar-refractivity contribution in [3.05, 3.63) is 28.2 Å². The molecule has 0 bridgehead atoms. The summed E-state index contributed by atoms with van der Waals surface area (Å²) in [4.78, 5) is 11.6. The van der Waals surface area contributed by atoms with Crippen LogP contribution in [0, 0.1) is 0 Å². The number of halogens is 1. The van der Waals surface area contributed by atoms with Gasteiger partial charge in [0.05, 0.1) is 6.10 Å². The van der Waals surface area contributed by atoms with Crippen molar-refractivity contribution in [3.8, 4) is 0 Å². The average molecular weight is 287 g/mol. The number of benzene rings is 1. The third kappa shape index (κ3) is 3.50. The van der Waals surface area contributed by atoms with Gasteiger partial charge in [0.15, 0.2) is 0 Å². The highest BCUT2D eigenvalue weighted by Gasteiger charge is 2.08. The smallest absolute Gasteiger partial charge is 0.251 e. The van der Waals surface area contributed by atoms with Crippen molar-refractivity contribution in [2.45, 2.75) is 19.4 Å². The molecule has 1 unspecified atom stereocenters. The van der Waals surface area contributed by atoms with Crippen molar-refractivity contribution < 1.29 is 9.90 Å². The Hall–Kier alpha value is -1.07. The molecule has 0 aliphatic carbocycles. The van der Waals surface area contributed by atoms with Gasteiger partial charge in [-0.05, 0) is 40.5 Å². The summed E-state index contributed by atoms with van der Waals surface area (Å²) < 4.78 is 0.762. The number of nitrogens with two attached hydrogens (primary N) is 1. The Morgan fingerprint density at radius 2 is 2.31 bits per heavy atom. The molecule has 0 heterocycles. The first kappa shape index (κ1) is 13.0. The summed E-state index contributed by atoms with van der Waals surface area (Å²) in [5.41, 5.74) is 6.67. The van der Waals surface area contributed by atoms with E-state index in [9.17, 15) is 9.90 Å². The van der Waals surface area contributed by atoms with Crippen molar-refractivity contribution in [1.82, 2.24) is 5.32 Å². The van der Waals surface area contributed by atoms with E-state index >= 15 is 0 Å². The number of aliphatic hydroxyl groups excluding tert-OH is 1. The minimum Gasteiger partial charge on any atom is -0.398 e. The van der Waals surface area contributed by atoms with E-state index in [2.05, 4.69) is 21.2 Å². The maximum atomic E-state index is 11.6. The maximum absolute atomic E-state index is 11.6. The van der Waals surface area contributed by atoms with E-state index in [1.165, 1.54) is 0 Å². The van der Waals surface area contributed by atoms with Crippen LogP contribution in [0.4, 0.5) is 5.69 Å². The maximum Gasteiger partial charge on any atom is 0.251 e. The van der Waals surface area contributed by atoms with E-state index in [0.29, 0.717) is 17.7 Å². The molecule has 0 saturated heterocycles. The molecule has 16 heavy (non-hydrogen) atoms. The zero-order valence-electron chi connectivity index (χ0n) is 9.03. The molecule has 0 aliphatic heterocycles. The van der Waals surface area contributed by atoms with E-state index < -0.39 is 6.10 Å². The Bertz CT molecular complexity index is 382. The highest BCUT2D eigenvalue weighted by molar-refractivity contribution is 9.10. The number of amides is 1. The fourth-order valence-corrected chi connectivity index (χ4v) is 1.39. The van der Waals surface area contributed by atoms with Gasteiger partial charge in [-0.25, -0.2) is 0 Å². The number of nitrogens with one attached hydrogen (secondary N) is 1. The lowest BCUT2D eigenvalue weighted by molar-refractivity contribution is 0.0914. The van der Waals surface area contributed by atoms with E-state index in [0.717, 1.165) is 4.47 Å². The number of anilines is 1. The second-order valence-electron chi connectivity index (χ2n) is 3.51. The molecule has 1 aromatic rings. The number of carbonyl (C=O) groups is 1. The van der Waals surface area contributed by atoms with Gasteiger partial charge in [0.25, 0.3) is 5.91 Å². The zero-order valence-corrected chi connectivity index (χ0v) is 10.6. The molecular formula is C11H15BrN2O2. The van der Waals surface area contributed by atoms with Gasteiger partial charge in [-0.1, -0.05) is 6.92 Å². The second-order valence-corrected chi connectivity index (χ2v) is 4.36. The van der Waals surface area contributed by atoms with Gasteiger partial charge >= 0.3 is 0 Å². The fraction of sp³-hybridized carbons (Fsp3) is 0.364. The van der Waals surface area contributed by atoms with Crippen LogP contribution in [0.1, 0.15) is 23.7 Å². The van der Waals surface area contributed by atoms with E-state index in [-0.39, 0.29) is 12.5 Å². The monoisotopic (exact) mass is 286 g/mol. The number of rotatable bonds is 4. The lowest BCUT2D eigenvalue weighted by atomic mass is 10.2. The molecule has 5 heteroatoms. The first-order valence-corrected chi connectivity index (χ1v) is 5.85. The van der Waals surface area contributed by atoms with Gasteiger partial charge < -0.3 is 16.2 Å². The number of carbonyl (C=O) groups excluding carboxylic acids is 1. The summed E-state index contributed by atoms with van der Waals surface area (Å²) in [6, 6.07) is 4.99. The van der Waals surface area contributed by atoms with Crippen LogP contribution in [0.15, 0.2) is 22.7 Å². The van der Waals surface area contributed by atoms with Gasteiger partial charge in [0, 0.05) is 22.3 Å².